The summed E-state index contributed by atoms with van der Waals surface area (Å²) in [5, 5.41) is 2.95. The van der Waals surface area contributed by atoms with E-state index in [1.165, 1.54) is 41.1 Å². The first-order chi connectivity index (χ1) is 13.8. The summed E-state index contributed by atoms with van der Waals surface area (Å²) in [6.45, 7) is 4.54. The third kappa shape index (κ3) is 5.10. The molecule has 3 rings (SSSR count). The summed E-state index contributed by atoms with van der Waals surface area (Å²) in [6.07, 6.45) is 0.981. The van der Waals surface area contributed by atoms with E-state index in [0.29, 0.717) is 38.0 Å². The molecular weight excluding hydrogens is 388 g/mol. The molecule has 0 spiro atoms. The second-order valence-corrected chi connectivity index (χ2v) is 9.40. The van der Waals surface area contributed by atoms with Crippen molar-refractivity contribution in [1.82, 2.24) is 9.62 Å². The fraction of sp³-hybridized carbons (Fsp3) is 0.364. The van der Waals surface area contributed by atoms with Crippen molar-refractivity contribution in [3.8, 4) is 0 Å². The predicted octanol–water partition coefficient (Wildman–Crippen LogP) is 2.91. The van der Waals surface area contributed by atoms with Crippen LogP contribution in [-0.4, -0.2) is 37.5 Å². The number of rotatable bonds is 6. The van der Waals surface area contributed by atoms with Crippen molar-refractivity contribution >= 4 is 21.7 Å². The Labute approximate surface area is 172 Å². The average molecular weight is 415 g/mol. The quantitative estimate of drug-likeness (QED) is 0.737. The Morgan fingerprint density at radius 2 is 1.59 bits per heavy atom. The van der Waals surface area contributed by atoms with Crippen molar-refractivity contribution in [1.29, 1.82) is 0 Å². The highest BCUT2D eigenvalue weighted by Crippen LogP contribution is 2.24. The molecule has 1 aliphatic rings. The zero-order valence-corrected chi connectivity index (χ0v) is 17.5. The number of aryl methyl sites for hydroxylation is 1. The van der Waals surface area contributed by atoms with E-state index in [4.69, 9.17) is 0 Å². The Kier molecular flexibility index (Phi) is 6.49. The Morgan fingerprint density at radius 3 is 2.14 bits per heavy atom. The van der Waals surface area contributed by atoms with Crippen LogP contribution < -0.4 is 5.32 Å². The molecule has 1 saturated heterocycles. The van der Waals surface area contributed by atoms with Gasteiger partial charge in [0.05, 0.1) is 4.90 Å². The number of ketones is 1. The highest BCUT2D eigenvalue weighted by atomic mass is 32.2. The molecule has 0 bridgehead atoms. The number of hydrogen-bond acceptors (Lipinski definition) is 4. The molecular formula is C22H26N2O4S. The van der Waals surface area contributed by atoms with Crippen LogP contribution in [0.5, 0.6) is 0 Å². The minimum atomic E-state index is -3.62. The molecule has 2 aromatic carbocycles. The summed E-state index contributed by atoms with van der Waals surface area (Å²) >= 11 is 0. The van der Waals surface area contributed by atoms with Gasteiger partial charge in [-0.1, -0.05) is 42.0 Å². The zero-order chi connectivity index (χ0) is 21.0. The average Bonchev–Trinajstić information content (AvgIpc) is 2.73. The van der Waals surface area contributed by atoms with E-state index in [2.05, 4.69) is 5.32 Å². The van der Waals surface area contributed by atoms with Crippen molar-refractivity contribution in [2.24, 2.45) is 5.92 Å². The fourth-order valence-electron chi connectivity index (χ4n) is 3.41. The van der Waals surface area contributed by atoms with Gasteiger partial charge in [0.2, 0.25) is 15.9 Å². The topological polar surface area (TPSA) is 83.6 Å². The minimum Gasteiger partial charge on any atom is -0.352 e. The first kappa shape index (κ1) is 21.2. The van der Waals surface area contributed by atoms with Gasteiger partial charge in [0, 0.05) is 31.1 Å². The van der Waals surface area contributed by atoms with Gasteiger partial charge in [0.1, 0.15) is 0 Å². The first-order valence-electron chi connectivity index (χ1n) is 9.72. The highest BCUT2D eigenvalue weighted by molar-refractivity contribution is 7.89. The number of benzene rings is 2. The lowest BCUT2D eigenvalue weighted by Gasteiger charge is -2.30. The van der Waals surface area contributed by atoms with E-state index in [1.54, 1.807) is 0 Å². The molecule has 1 fully saturated rings. The van der Waals surface area contributed by atoms with E-state index in [9.17, 15) is 18.0 Å². The third-order valence-corrected chi connectivity index (χ3v) is 7.22. The monoisotopic (exact) mass is 414 g/mol. The van der Waals surface area contributed by atoms with Crippen LogP contribution in [-0.2, 0) is 21.4 Å². The van der Waals surface area contributed by atoms with Gasteiger partial charge in [-0.25, -0.2) is 8.42 Å². The van der Waals surface area contributed by atoms with E-state index < -0.39 is 10.0 Å². The van der Waals surface area contributed by atoms with Gasteiger partial charge < -0.3 is 5.32 Å². The summed E-state index contributed by atoms with van der Waals surface area (Å²) in [5.74, 6) is -0.327. The number of nitrogens with zero attached hydrogens (tertiary/aromatic N) is 1. The van der Waals surface area contributed by atoms with Crippen molar-refractivity contribution in [3.05, 3.63) is 65.2 Å². The number of hydrogen-bond donors (Lipinski definition) is 1. The number of piperidine rings is 1. The lowest BCUT2D eigenvalue weighted by Crippen LogP contribution is -2.42. The molecule has 0 radical (unpaired) electrons. The Morgan fingerprint density at radius 1 is 1.00 bits per heavy atom. The Balaban J connectivity index is 1.55. The van der Waals surface area contributed by atoms with Crippen LogP contribution in [0.1, 0.15) is 41.3 Å². The van der Waals surface area contributed by atoms with Gasteiger partial charge in [-0.15, -0.1) is 0 Å². The molecule has 7 heteroatoms. The summed E-state index contributed by atoms with van der Waals surface area (Å²) < 4.78 is 27.1. The number of carbonyl (C=O) groups excluding carboxylic acids is 2. The lowest BCUT2D eigenvalue weighted by molar-refractivity contribution is -0.126. The summed E-state index contributed by atoms with van der Waals surface area (Å²) in [6, 6.07) is 14.0. The number of amides is 1. The maximum Gasteiger partial charge on any atom is 0.243 e. The molecule has 0 aromatic heterocycles. The third-order valence-electron chi connectivity index (χ3n) is 5.31. The molecule has 0 atom stereocenters. The van der Waals surface area contributed by atoms with Crippen molar-refractivity contribution in [2.45, 2.75) is 38.1 Å². The van der Waals surface area contributed by atoms with Crippen LogP contribution in [0.15, 0.2) is 53.4 Å². The van der Waals surface area contributed by atoms with Crippen molar-refractivity contribution in [3.63, 3.8) is 0 Å². The fourth-order valence-corrected chi connectivity index (χ4v) is 4.88. The van der Waals surface area contributed by atoms with E-state index in [1.807, 2.05) is 31.2 Å². The number of nitrogens with one attached hydrogen (secondary N) is 1. The van der Waals surface area contributed by atoms with Gasteiger partial charge >= 0.3 is 0 Å². The van der Waals surface area contributed by atoms with Crippen LogP contribution in [0, 0.1) is 12.8 Å². The molecule has 0 aliphatic carbocycles. The summed E-state index contributed by atoms with van der Waals surface area (Å²) in [7, 11) is -3.62. The lowest BCUT2D eigenvalue weighted by atomic mass is 9.97. The minimum absolute atomic E-state index is 0.0339. The predicted molar refractivity (Wildman–Crippen MR) is 111 cm³/mol. The molecule has 1 aliphatic heterocycles. The standard InChI is InChI=1S/C22H26N2O4S/c1-16-3-5-18(6-4-16)15-23-22(26)20-11-13-24(14-12-20)29(27,28)21-9-7-19(8-10-21)17(2)25/h3-10,20H,11-15H2,1-2H3,(H,23,26). The molecule has 6 nitrogen and oxygen atoms in total. The number of Topliss-reactive ketones (excluding diaryl/α,β-unsaturated/α-hetero) is 1. The number of carbonyl (C=O) groups is 2. The van der Waals surface area contributed by atoms with Crippen LogP contribution in [0.25, 0.3) is 0 Å². The maximum atomic E-state index is 12.8. The normalized spacial score (nSPS) is 15.8. The second-order valence-electron chi connectivity index (χ2n) is 7.46. The Hall–Kier alpha value is -2.51. The second kappa shape index (κ2) is 8.88. The Bertz CT molecular complexity index is 974. The number of sulfonamides is 1. The molecule has 2 aromatic rings. The van der Waals surface area contributed by atoms with Gasteiger partial charge in [-0.2, -0.15) is 4.31 Å². The van der Waals surface area contributed by atoms with Crippen molar-refractivity contribution in [2.75, 3.05) is 13.1 Å². The van der Waals surface area contributed by atoms with E-state index >= 15 is 0 Å². The molecule has 0 saturated carbocycles. The molecule has 29 heavy (non-hydrogen) atoms. The van der Waals surface area contributed by atoms with E-state index in [-0.39, 0.29) is 22.5 Å². The summed E-state index contributed by atoms with van der Waals surface area (Å²) in [4.78, 5) is 24.0. The van der Waals surface area contributed by atoms with Crippen LogP contribution in [0.3, 0.4) is 0 Å². The first-order valence-corrected chi connectivity index (χ1v) is 11.2. The van der Waals surface area contributed by atoms with Crippen molar-refractivity contribution < 1.29 is 18.0 Å². The molecule has 0 unspecified atom stereocenters. The maximum absolute atomic E-state index is 12.8. The SMILES string of the molecule is CC(=O)c1ccc(S(=O)(=O)N2CCC(C(=O)NCc3ccc(C)cc3)CC2)cc1. The van der Waals surface area contributed by atoms with Gasteiger partial charge in [0.25, 0.3) is 0 Å². The molecule has 1 N–H and O–H groups in total. The molecule has 1 heterocycles. The van der Waals surface area contributed by atoms with E-state index in [0.717, 1.165) is 5.56 Å². The molecule has 154 valence electrons. The summed E-state index contributed by atoms with van der Waals surface area (Å²) in [5.41, 5.74) is 2.69. The smallest absolute Gasteiger partial charge is 0.243 e. The van der Waals surface area contributed by atoms with Gasteiger partial charge in [-0.3, -0.25) is 9.59 Å². The zero-order valence-electron chi connectivity index (χ0n) is 16.7. The molecule has 1 amide bonds. The van der Waals surface area contributed by atoms with Gasteiger partial charge in [-0.05, 0) is 44.4 Å². The van der Waals surface area contributed by atoms with Crippen LogP contribution in [0.4, 0.5) is 0 Å². The van der Waals surface area contributed by atoms with Crippen LogP contribution >= 0.6 is 0 Å². The van der Waals surface area contributed by atoms with Crippen LogP contribution in [0.2, 0.25) is 0 Å². The largest absolute Gasteiger partial charge is 0.352 e. The highest BCUT2D eigenvalue weighted by Gasteiger charge is 2.32. The van der Waals surface area contributed by atoms with Gasteiger partial charge in [0.15, 0.2) is 5.78 Å².